The van der Waals surface area contributed by atoms with E-state index in [1.165, 1.54) is 34.4 Å². The van der Waals surface area contributed by atoms with Crippen LogP contribution in [0.3, 0.4) is 0 Å². The predicted octanol–water partition coefficient (Wildman–Crippen LogP) is 4.01. The highest BCUT2D eigenvalue weighted by molar-refractivity contribution is 7.09. The summed E-state index contributed by atoms with van der Waals surface area (Å²) in [5.41, 5.74) is 2.16. The maximum Gasteiger partial charge on any atom is 0.268 e. The lowest BCUT2D eigenvalue weighted by Crippen LogP contribution is -2.47. The fourth-order valence-corrected chi connectivity index (χ4v) is 3.74. The summed E-state index contributed by atoms with van der Waals surface area (Å²) < 4.78 is 19.5. The molecule has 0 saturated heterocycles. The summed E-state index contributed by atoms with van der Waals surface area (Å²) in [7, 11) is 0. The molecule has 2 amide bonds. The maximum absolute atomic E-state index is 13.8. The number of carbonyl (C=O) groups is 2. The lowest BCUT2D eigenvalue weighted by atomic mass is 10.1. The summed E-state index contributed by atoms with van der Waals surface area (Å²) in [6.07, 6.45) is -0.726. The number of nitrogens with one attached hydrogen (secondary N) is 1. The summed E-state index contributed by atoms with van der Waals surface area (Å²) in [5, 5.41) is 5.38. The van der Waals surface area contributed by atoms with Crippen LogP contribution in [0.25, 0.3) is 11.3 Å². The van der Waals surface area contributed by atoms with Gasteiger partial charge in [0.2, 0.25) is 5.91 Å². The molecule has 4 rings (SSSR count). The van der Waals surface area contributed by atoms with Crippen LogP contribution >= 0.6 is 11.3 Å². The van der Waals surface area contributed by atoms with Crippen LogP contribution < -0.4 is 15.0 Å². The van der Waals surface area contributed by atoms with E-state index in [1.54, 1.807) is 25.1 Å². The number of para-hydroxylation sites is 1. The van der Waals surface area contributed by atoms with Crippen LogP contribution in [0.2, 0.25) is 0 Å². The number of carbonyl (C=O) groups excluding carboxylic acids is 2. The van der Waals surface area contributed by atoms with Gasteiger partial charge in [-0.15, -0.1) is 11.3 Å². The van der Waals surface area contributed by atoms with E-state index in [0.29, 0.717) is 11.4 Å². The molecule has 0 aliphatic carbocycles. The molecular weight excluding hydrogens is 393 g/mol. The molecule has 0 saturated carbocycles. The first-order valence-corrected chi connectivity index (χ1v) is 9.89. The van der Waals surface area contributed by atoms with Crippen LogP contribution in [0.5, 0.6) is 5.75 Å². The third kappa shape index (κ3) is 3.84. The number of rotatable bonds is 4. The van der Waals surface area contributed by atoms with E-state index in [1.807, 2.05) is 18.4 Å². The minimum absolute atomic E-state index is 0.0678. The second-order valence-corrected chi connectivity index (χ2v) is 7.71. The molecule has 1 aliphatic heterocycles. The zero-order chi connectivity index (χ0) is 20.5. The number of anilines is 2. The van der Waals surface area contributed by atoms with Gasteiger partial charge in [-0.2, -0.15) is 0 Å². The van der Waals surface area contributed by atoms with E-state index in [-0.39, 0.29) is 18.1 Å². The Morgan fingerprint density at radius 1 is 1.31 bits per heavy atom. The number of amides is 2. The van der Waals surface area contributed by atoms with Crippen LogP contribution in [-0.2, 0) is 9.59 Å². The molecule has 0 bridgehead atoms. The van der Waals surface area contributed by atoms with E-state index in [9.17, 15) is 14.0 Å². The number of thiazole rings is 1. The monoisotopic (exact) mass is 411 g/mol. The summed E-state index contributed by atoms with van der Waals surface area (Å²) in [6, 6.07) is 11.3. The van der Waals surface area contributed by atoms with Gasteiger partial charge in [0.25, 0.3) is 5.91 Å². The van der Waals surface area contributed by atoms with Gasteiger partial charge in [0.15, 0.2) is 6.10 Å². The van der Waals surface area contributed by atoms with Crippen molar-refractivity contribution in [2.45, 2.75) is 20.0 Å². The van der Waals surface area contributed by atoms with Crippen LogP contribution in [0, 0.1) is 12.7 Å². The quantitative estimate of drug-likeness (QED) is 0.704. The molecule has 0 radical (unpaired) electrons. The third-order valence-corrected chi connectivity index (χ3v) is 5.31. The number of hydrogen-bond acceptors (Lipinski definition) is 5. The van der Waals surface area contributed by atoms with Crippen molar-refractivity contribution in [2.24, 2.45) is 0 Å². The smallest absolute Gasteiger partial charge is 0.268 e. The average Bonchev–Trinajstić information content (AvgIpc) is 3.13. The molecule has 148 valence electrons. The van der Waals surface area contributed by atoms with Crippen LogP contribution in [0.15, 0.2) is 47.8 Å². The molecule has 1 atom stereocenters. The summed E-state index contributed by atoms with van der Waals surface area (Å²) in [6.45, 7) is 3.29. The zero-order valence-electron chi connectivity index (χ0n) is 15.8. The third-order valence-electron chi connectivity index (χ3n) is 4.53. The van der Waals surface area contributed by atoms with Gasteiger partial charge >= 0.3 is 0 Å². The highest BCUT2D eigenvalue weighted by Gasteiger charge is 2.33. The standard InChI is InChI=1S/C21H18FN3O3S/c1-12-21(27)25(10-20(26)24-16-6-4-3-5-15(16)22)18-9-14(7-8-19(18)28-12)17-11-29-13(2)23-17/h3-9,11-12H,10H2,1-2H3,(H,24,26). The number of nitrogens with zero attached hydrogens (tertiary/aromatic N) is 2. The fraction of sp³-hybridized carbons (Fsp3) is 0.190. The predicted molar refractivity (Wildman–Crippen MR) is 110 cm³/mol. The summed E-state index contributed by atoms with van der Waals surface area (Å²) >= 11 is 1.53. The van der Waals surface area contributed by atoms with Gasteiger partial charge in [0.05, 0.1) is 22.1 Å². The largest absolute Gasteiger partial charge is 0.479 e. The van der Waals surface area contributed by atoms with Gasteiger partial charge in [-0.3, -0.25) is 14.5 Å². The fourth-order valence-electron chi connectivity index (χ4n) is 3.12. The summed E-state index contributed by atoms with van der Waals surface area (Å²) in [5.74, 6) is -0.873. The molecule has 3 aromatic rings. The second kappa shape index (κ2) is 7.63. The van der Waals surface area contributed by atoms with E-state index in [0.717, 1.165) is 16.3 Å². The first-order chi connectivity index (χ1) is 13.9. The minimum Gasteiger partial charge on any atom is -0.479 e. The van der Waals surface area contributed by atoms with Crippen molar-refractivity contribution in [1.82, 2.24) is 4.98 Å². The van der Waals surface area contributed by atoms with E-state index in [4.69, 9.17) is 4.74 Å². The van der Waals surface area contributed by atoms with Crippen molar-refractivity contribution < 1.29 is 18.7 Å². The van der Waals surface area contributed by atoms with Crippen molar-refractivity contribution in [3.8, 4) is 17.0 Å². The number of fused-ring (bicyclic) bond motifs is 1. The van der Waals surface area contributed by atoms with Crippen molar-refractivity contribution in [1.29, 1.82) is 0 Å². The molecule has 2 heterocycles. The number of aromatic nitrogens is 1. The van der Waals surface area contributed by atoms with Gasteiger partial charge in [-0.05, 0) is 44.2 Å². The first kappa shape index (κ1) is 19.1. The highest BCUT2D eigenvalue weighted by atomic mass is 32.1. The minimum atomic E-state index is -0.726. The maximum atomic E-state index is 13.8. The SMILES string of the molecule is Cc1nc(-c2ccc3c(c2)N(CC(=O)Nc2ccccc2F)C(=O)C(C)O3)cs1. The van der Waals surface area contributed by atoms with Crippen LogP contribution in [-0.4, -0.2) is 29.4 Å². The van der Waals surface area contributed by atoms with Crippen molar-refractivity contribution in [3.05, 3.63) is 58.7 Å². The van der Waals surface area contributed by atoms with Gasteiger partial charge in [-0.1, -0.05) is 12.1 Å². The number of hydrogen-bond donors (Lipinski definition) is 1. The molecule has 1 unspecified atom stereocenters. The Bertz CT molecular complexity index is 1100. The zero-order valence-corrected chi connectivity index (χ0v) is 16.6. The van der Waals surface area contributed by atoms with E-state index < -0.39 is 17.8 Å². The molecule has 6 nitrogen and oxygen atoms in total. The van der Waals surface area contributed by atoms with Crippen molar-refractivity contribution in [2.75, 3.05) is 16.8 Å². The molecule has 2 aromatic carbocycles. The molecule has 0 spiro atoms. The molecule has 0 fully saturated rings. The second-order valence-electron chi connectivity index (χ2n) is 6.65. The number of ether oxygens (including phenoxy) is 1. The molecule has 1 aromatic heterocycles. The molecular formula is C21H18FN3O3S. The van der Waals surface area contributed by atoms with Crippen LogP contribution in [0.4, 0.5) is 15.8 Å². The van der Waals surface area contributed by atoms with Gasteiger partial charge in [0, 0.05) is 10.9 Å². The van der Waals surface area contributed by atoms with Gasteiger partial charge in [0.1, 0.15) is 18.1 Å². The first-order valence-electron chi connectivity index (χ1n) is 9.01. The lowest BCUT2D eigenvalue weighted by Gasteiger charge is -2.32. The topological polar surface area (TPSA) is 71.5 Å². The molecule has 1 aliphatic rings. The van der Waals surface area contributed by atoms with Gasteiger partial charge in [-0.25, -0.2) is 9.37 Å². The Balaban J connectivity index is 1.63. The Morgan fingerprint density at radius 3 is 2.83 bits per heavy atom. The van der Waals surface area contributed by atoms with Crippen LogP contribution in [0.1, 0.15) is 11.9 Å². The Kier molecular flexibility index (Phi) is 5.02. The highest BCUT2D eigenvalue weighted by Crippen LogP contribution is 2.37. The van der Waals surface area contributed by atoms with E-state index in [2.05, 4.69) is 10.3 Å². The molecule has 29 heavy (non-hydrogen) atoms. The number of benzene rings is 2. The number of halogens is 1. The number of aryl methyl sites for hydroxylation is 1. The van der Waals surface area contributed by atoms with Gasteiger partial charge < -0.3 is 10.1 Å². The van der Waals surface area contributed by atoms with Crippen molar-refractivity contribution in [3.63, 3.8) is 0 Å². The average molecular weight is 411 g/mol. The Labute approximate surface area is 171 Å². The Hall–Kier alpha value is -3.26. The summed E-state index contributed by atoms with van der Waals surface area (Å²) in [4.78, 5) is 31.1. The Morgan fingerprint density at radius 2 is 2.10 bits per heavy atom. The normalized spacial score (nSPS) is 15.6. The van der Waals surface area contributed by atoms with Crippen molar-refractivity contribution >= 4 is 34.5 Å². The molecule has 1 N–H and O–H groups in total. The lowest BCUT2D eigenvalue weighted by molar-refractivity contribution is -0.127. The van der Waals surface area contributed by atoms with E-state index >= 15 is 0 Å². The molecule has 8 heteroatoms.